The molecule has 2 atom stereocenters. The molecule has 0 saturated carbocycles. The van der Waals surface area contributed by atoms with Gasteiger partial charge in [0.1, 0.15) is 6.10 Å². The Kier molecular flexibility index (Phi) is 9.34. The van der Waals surface area contributed by atoms with Crippen molar-refractivity contribution in [3.63, 3.8) is 0 Å². The number of hydrogen-bond donors (Lipinski definition) is 4. The average Bonchev–Trinajstić information content (AvgIpc) is 2.89. The minimum absolute atomic E-state index is 0.119. The summed E-state index contributed by atoms with van der Waals surface area (Å²) in [4.78, 5) is 37.5. The SMILES string of the molecule is CCO[C@H](/C=C/C(=O)Nc1ccccc1N)[C@H](OC(=O)NC(=O)c1ccccc1)c1ccc(O)c(F)c1. The number of carbonyl (C=O) groups is 3. The molecule has 0 aliphatic carbocycles. The van der Waals surface area contributed by atoms with Crippen molar-refractivity contribution in [1.29, 1.82) is 0 Å². The Balaban J connectivity index is 1.83. The number of ether oxygens (including phenoxy) is 2. The van der Waals surface area contributed by atoms with Gasteiger partial charge in [0.15, 0.2) is 17.7 Å². The van der Waals surface area contributed by atoms with Crippen LogP contribution >= 0.6 is 0 Å². The number of aromatic hydroxyl groups is 1. The van der Waals surface area contributed by atoms with Gasteiger partial charge in [-0.05, 0) is 55.0 Å². The molecular weight excluding hydrogens is 481 g/mol. The van der Waals surface area contributed by atoms with Crippen LogP contribution in [0.2, 0.25) is 0 Å². The first-order chi connectivity index (χ1) is 17.8. The number of nitrogen functional groups attached to an aromatic ring is 1. The molecule has 10 heteroatoms. The van der Waals surface area contributed by atoms with Crippen LogP contribution < -0.4 is 16.4 Å². The Bertz CT molecular complexity index is 1280. The van der Waals surface area contributed by atoms with E-state index in [-0.39, 0.29) is 17.7 Å². The molecule has 3 amide bonds. The van der Waals surface area contributed by atoms with E-state index in [2.05, 4.69) is 10.6 Å². The first-order valence-corrected chi connectivity index (χ1v) is 11.3. The molecule has 0 aromatic heterocycles. The topological polar surface area (TPSA) is 140 Å². The monoisotopic (exact) mass is 507 g/mol. The lowest BCUT2D eigenvalue weighted by Gasteiger charge is -2.25. The molecule has 0 aliphatic heterocycles. The number of phenolic OH excluding ortho intramolecular Hbond substituents is 1. The van der Waals surface area contributed by atoms with Crippen LogP contribution in [0.1, 0.15) is 28.9 Å². The number of phenols is 1. The largest absolute Gasteiger partial charge is 0.505 e. The maximum absolute atomic E-state index is 14.2. The summed E-state index contributed by atoms with van der Waals surface area (Å²) in [6.45, 7) is 1.83. The summed E-state index contributed by atoms with van der Waals surface area (Å²) in [5, 5.41) is 14.3. The number of alkyl carbamates (subject to hydrolysis) is 1. The molecule has 0 fully saturated rings. The quantitative estimate of drug-likeness (QED) is 0.250. The van der Waals surface area contributed by atoms with Crippen LogP contribution in [0.5, 0.6) is 5.75 Å². The van der Waals surface area contributed by atoms with Crippen LogP contribution in [0.25, 0.3) is 0 Å². The van der Waals surface area contributed by atoms with Gasteiger partial charge in [-0.2, -0.15) is 0 Å². The van der Waals surface area contributed by atoms with Crippen molar-refractivity contribution in [3.05, 3.63) is 102 Å². The molecule has 3 aromatic rings. The molecule has 0 heterocycles. The lowest BCUT2D eigenvalue weighted by Crippen LogP contribution is -2.35. The number of nitrogens with two attached hydrogens (primary N) is 1. The van der Waals surface area contributed by atoms with E-state index < -0.39 is 41.7 Å². The van der Waals surface area contributed by atoms with Gasteiger partial charge in [0, 0.05) is 18.2 Å². The van der Waals surface area contributed by atoms with Gasteiger partial charge in [-0.15, -0.1) is 0 Å². The molecule has 9 nitrogen and oxygen atoms in total. The number of anilines is 2. The number of imide groups is 1. The van der Waals surface area contributed by atoms with Crippen molar-refractivity contribution >= 4 is 29.3 Å². The fraction of sp³-hybridized carbons (Fsp3) is 0.148. The van der Waals surface area contributed by atoms with Crippen molar-refractivity contribution < 1.29 is 33.4 Å². The van der Waals surface area contributed by atoms with Crippen LogP contribution in [0.15, 0.2) is 84.9 Å². The molecule has 0 saturated heterocycles. The highest BCUT2D eigenvalue weighted by molar-refractivity contribution is 6.03. The molecule has 0 spiro atoms. The number of benzene rings is 3. The van der Waals surface area contributed by atoms with Crippen molar-refractivity contribution in [1.82, 2.24) is 5.32 Å². The van der Waals surface area contributed by atoms with Crippen molar-refractivity contribution in [2.45, 2.75) is 19.1 Å². The third kappa shape index (κ3) is 7.64. The zero-order chi connectivity index (χ0) is 26.8. The highest BCUT2D eigenvalue weighted by Gasteiger charge is 2.28. The second-order valence-corrected chi connectivity index (χ2v) is 7.71. The van der Waals surface area contributed by atoms with E-state index in [1.54, 1.807) is 49.4 Å². The number of amides is 3. The molecule has 0 radical (unpaired) electrons. The lowest BCUT2D eigenvalue weighted by atomic mass is 10.0. The second kappa shape index (κ2) is 12.8. The minimum Gasteiger partial charge on any atom is -0.505 e. The predicted molar refractivity (Wildman–Crippen MR) is 135 cm³/mol. The number of halogens is 1. The Morgan fingerprint density at radius 3 is 2.43 bits per heavy atom. The Hall–Kier alpha value is -4.70. The third-order valence-electron chi connectivity index (χ3n) is 5.10. The molecule has 0 bridgehead atoms. The fourth-order valence-corrected chi connectivity index (χ4v) is 3.33. The summed E-state index contributed by atoms with van der Waals surface area (Å²) in [5.41, 5.74) is 6.96. The number of nitrogens with one attached hydrogen (secondary N) is 2. The van der Waals surface area contributed by atoms with Crippen LogP contribution in [0.3, 0.4) is 0 Å². The zero-order valence-electron chi connectivity index (χ0n) is 19.9. The van der Waals surface area contributed by atoms with Gasteiger partial charge in [0.05, 0.1) is 11.4 Å². The number of carbonyl (C=O) groups excluding carboxylic acids is 3. The van der Waals surface area contributed by atoms with Gasteiger partial charge < -0.3 is 25.6 Å². The van der Waals surface area contributed by atoms with Crippen molar-refractivity contribution in [3.8, 4) is 5.75 Å². The maximum atomic E-state index is 14.2. The summed E-state index contributed by atoms with van der Waals surface area (Å²) >= 11 is 0. The van der Waals surface area contributed by atoms with E-state index in [1.165, 1.54) is 24.3 Å². The Morgan fingerprint density at radius 2 is 1.76 bits per heavy atom. The van der Waals surface area contributed by atoms with Gasteiger partial charge in [-0.25, -0.2) is 9.18 Å². The van der Waals surface area contributed by atoms with Crippen molar-refractivity contribution in [2.24, 2.45) is 0 Å². The maximum Gasteiger partial charge on any atom is 0.414 e. The molecule has 0 unspecified atom stereocenters. The van der Waals surface area contributed by atoms with Gasteiger partial charge in [0.25, 0.3) is 5.91 Å². The van der Waals surface area contributed by atoms with Crippen LogP contribution in [0, 0.1) is 5.82 Å². The predicted octanol–water partition coefficient (Wildman–Crippen LogP) is 4.32. The molecule has 192 valence electrons. The highest BCUT2D eigenvalue weighted by atomic mass is 19.1. The summed E-state index contributed by atoms with van der Waals surface area (Å²) in [6.07, 6.45) is -0.978. The second-order valence-electron chi connectivity index (χ2n) is 7.71. The normalized spacial score (nSPS) is 12.5. The number of rotatable bonds is 9. The van der Waals surface area contributed by atoms with E-state index >= 15 is 0 Å². The first kappa shape index (κ1) is 26.9. The highest BCUT2D eigenvalue weighted by Crippen LogP contribution is 2.28. The third-order valence-corrected chi connectivity index (χ3v) is 5.10. The summed E-state index contributed by atoms with van der Waals surface area (Å²) < 4.78 is 25.3. The lowest BCUT2D eigenvalue weighted by molar-refractivity contribution is -0.112. The molecule has 5 N–H and O–H groups in total. The fourth-order valence-electron chi connectivity index (χ4n) is 3.33. The molecule has 37 heavy (non-hydrogen) atoms. The van der Waals surface area contributed by atoms with E-state index in [9.17, 15) is 23.9 Å². The summed E-state index contributed by atoms with van der Waals surface area (Å²) in [7, 11) is 0. The van der Waals surface area contributed by atoms with E-state index in [0.29, 0.717) is 11.4 Å². The van der Waals surface area contributed by atoms with Crippen molar-refractivity contribution in [2.75, 3.05) is 17.7 Å². The van der Waals surface area contributed by atoms with E-state index in [4.69, 9.17) is 15.2 Å². The summed E-state index contributed by atoms with van der Waals surface area (Å²) in [5.74, 6) is -2.80. The zero-order valence-corrected chi connectivity index (χ0v) is 19.9. The molecule has 0 aliphatic rings. The number of para-hydroxylation sites is 2. The van der Waals surface area contributed by atoms with Gasteiger partial charge >= 0.3 is 6.09 Å². The Morgan fingerprint density at radius 1 is 1.05 bits per heavy atom. The minimum atomic E-state index is -1.29. The van der Waals surface area contributed by atoms with Crippen LogP contribution in [-0.4, -0.2) is 35.7 Å². The molecular formula is C27H26FN3O6. The van der Waals surface area contributed by atoms with Crippen LogP contribution in [-0.2, 0) is 14.3 Å². The standard InChI is InChI=1S/C27H26FN3O6/c1-2-36-23(14-15-24(33)30-21-11-7-6-10-20(21)29)25(18-12-13-22(32)19(28)16-18)37-27(35)31-26(34)17-8-4-3-5-9-17/h3-16,23,25,32H,2,29H2,1H3,(H,30,33)(H,31,34,35)/b15-14+/t23-,25-/m1/s1. The summed E-state index contributed by atoms with van der Waals surface area (Å²) in [6, 6.07) is 18.1. The van der Waals surface area contributed by atoms with E-state index in [1.807, 2.05) is 0 Å². The average molecular weight is 508 g/mol. The van der Waals surface area contributed by atoms with Crippen LogP contribution in [0.4, 0.5) is 20.6 Å². The first-order valence-electron chi connectivity index (χ1n) is 11.3. The number of hydrogen-bond acceptors (Lipinski definition) is 7. The molecule has 3 aromatic carbocycles. The molecule has 3 rings (SSSR count). The van der Waals surface area contributed by atoms with Gasteiger partial charge in [-0.1, -0.05) is 36.4 Å². The Labute approximate surface area is 212 Å². The van der Waals surface area contributed by atoms with Gasteiger partial charge in [-0.3, -0.25) is 14.9 Å². The van der Waals surface area contributed by atoms with E-state index in [0.717, 1.165) is 18.2 Å². The van der Waals surface area contributed by atoms with Gasteiger partial charge in [0.2, 0.25) is 5.91 Å². The smallest absolute Gasteiger partial charge is 0.414 e.